The zero-order valence-corrected chi connectivity index (χ0v) is 40.9. The fourth-order valence-corrected chi connectivity index (χ4v) is 5.06. The van der Waals surface area contributed by atoms with E-state index in [1.54, 1.807) is 24.8 Å². The second kappa shape index (κ2) is 31.7. The summed E-state index contributed by atoms with van der Waals surface area (Å²) in [7, 11) is -12.2. The average Bonchev–Trinajstić information content (AvgIpc) is 3.97. The molecule has 0 bridgehead atoms. The summed E-state index contributed by atoms with van der Waals surface area (Å²) in [4.78, 5) is 26.1. The van der Waals surface area contributed by atoms with Crippen molar-refractivity contribution in [2.75, 3.05) is 0 Å². The van der Waals surface area contributed by atoms with Crippen LogP contribution in [0.4, 0.5) is 26.3 Å². The van der Waals surface area contributed by atoms with Crippen LogP contribution in [0.3, 0.4) is 0 Å². The van der Waals surface area contributed by atoms with E-state index in [4.69, 9.17) is 25.9 Å². The van der Waals surface area contributed by atoms with Crippen LogP contribution < -0.4 is 9.97 Å². The number of alkyl halides is 6. The summed E-state index contributed by atoms with van der Waals surface area (Å²) in [5, 5.41) is 0. The topological polar surface area (TPSA) is 194 Å². The summed E-state index contributed by atoms with van der Waals surface area (Å²) in [6.45, 7) is 0. The Bertz CT molecular complexity index is 2290. The molecule has 0 atom stereocenters. The van der Waals surface area contributed by atoms with Gasteiger partial charge in [-0.1, -0.05) is 97.1 Å². The predicted octanol–water partition coefficient (Wildman–Crippen LogP) is 11.0. The standard InChI is InChI=1S/2C14H10N3.2C8H12.2CHF3O3S.2Ru/c2*1-3-9-15-11(5-1)13-7-8-14(17-13)12-6-2-4-10-16-12;2*1-2-4-6-8-7-5-3-1;2*2-1(3,4)8(5,6)7;;/h2*1-10H;2*1-2,7-8H,3-6H2;2*(H,5,6,7);;/q2*-1;;;;;2*+2/p-2/b;;2*2-1-,8-7-;;;;. The average molecular weight is 1160 g/mol. The predicted molar refractivity (Wildman–Crippen MR) is 237 cm³/mol. The summed E-state index contributed by atoms with van der Waals surface area (Å²) in [6, 6.07) is 31.1. The Balaban J connectivity index is 0.000000423. The smallest absolute Gasteiger partial charge is 0.741 e. The maximum atomic E-state index is 10.7. The third kappa shape index (κ3) is 24.2. The number of allylic oxidation sites excluding steroid dienone is 8. The number of nitrogens with zero attached hydrogens (tertiary/aromatic N) is 6. The monoisotopic (exact) mass is 1160 g/mol. The summed E-state index contributed by atoms with van der Waals surface area (Å²) >= 11 is 0. The molecule has 0 N–H and O–H groups in total. The molecule has 0 saturated carbocycles. The molecule has 0 amide bonds. The molecule has 6 aromatic heterocycles. The van der Waals surface area contributed by atoms with Crippen molar-refractivity contribution in [3.05, 3.63) is 170 Å². The molecule has 2 aliphatic carbocycles. The Morgan fingerprint density at radius 2 is 0.544 bits per heavy atom. The molecule has 0 saturated heterocycles. The zero-order valence-electron chi connectivity index (χ0n) is 35.7. The maximum Gasteiger partial charge on any atom is 2.00 e. The molecule has 2 aliphatic rings. The number of halogens is 6. The number of aromatic nitrogens is 6. The zero-order chi connectivity index (χ0) is 48.3. The molecule has 0 aliphatic heterocycles. The van der Waals surface area contributed by atoms with Crippen LogP contribution in [0, 0.1) is 0 Å². The van der Waals surface area contributed by atoms with E-state index in [2.05, 4.69) is 78.5 Å². The van der Waals surface area contributed by atoms with Crippen molar-refractivity contribution in [3.8, 4) is 45.6 Å². The van der Waals surface area contributed by atoms with Gasteiger partial charge in [0.2, 0.25) is 0 Å². The van der Waals surface area contributed by atoms with Crippen LogP contribution in [0.15, 0.2) is 170 Å². The quantitative estimate of drug-likeness (QED) is 0.0534. The second-order valence-electron chi connectivity index (χ2n) is 13.3. The van der Waals surface area contributed by atoms with E-state index >= 15 is 0 Å². The molecule has 0 spiro atoms. The van der Waals surface area contributed by atoms with Crippen molar-refractivity contribution in [2.45, 2.75) is 62.4 Å². The molecule has 68 heavy (non-hydrogen) atoms. The normalized spacial score (nSPS) is 15.1. The molecular formula is C46H44F6N6O6Ru2S2. The van der Waals surface area contributed by atoms with Gasteiger partial charge in [-0.3, -0.25) is 19.9 Å². The number of hydrogen-bond donors (Lipinski definition) is 0. The Hall–Kier alpha value is -5.23. The van der Waals surface area contributed by atoms with Gasteiger partial charge in [0.05, 0.1) is 0 Å². The van der Waals surface area contributed by atoms with Crippen molar-refractivity contribution >= 4 is 20.2 Å². The fraction of sp³-hybridized carbons (Fsp3) is 0.217. The minimum atomic E-state index is -6.09. The van der Waals surface area contributed by atoms with Crippen molar-refractivity contribution < 1.29 is 91.2 Å². The minimum Gasteiger partial charge on any atom is -0.741 e. The van der Waals surface area contributed by atoms with Gasteiger partial charge in [0.15, 0.2) is 20.2 Å². The molecule has 12 nitrogen and oxygen atoms in total. The van der Waals surface area contributed by atoms with Gasteiger partial charge in [0.1, 0.15) is 0 Å². The van der Waals surface area contributed by atoms with Gasteiger partial charge < -0.3 is 19.1 Å². The molecule has 0 radical (unpaired) electrons. The van der Waals surface area contributed by atoms with Crippen LogP contribution in [-0.4, -0.2) is 56.9 Å². The summed E-state index contributed by atoms with van der Waals surface area (Å²) in [6.07, 6.45) is 35.1. The van der Waals surface area contributed by atoms with E-state index in [1.165, 1.54) is 51.4 Å². The molecule has 0 fully saturated rings. The van der Waals surface area contributed by atoms with Crippen molar-refractivity contribution in [1.82, 2.24) is 29.9 Å². The molecule has 0 aromatic carbocycles. The van der Waals surface area contributed by atoms with Crippen molar-refractivity contribution in [2.24, 2.45) is 0 Å². The van der Waals surface area contributed by atoms with Crippen LogP contribution in [-0.2, 0) is 59.2 Å². The van der Waals surface area contributed by atoms with Gasteiger partial charge in [-0.15, -0.1) is 22.8 Å². The van der Waals surface area contributed by atoms with Gasteiger partial charge in [0.25, 0.3) is 0 Å². The van der Waals surface area contributed by atoms with Crippen LogP contribution in [0.2, 0.25) is 0 Å². The second-order valence-corrected chi connectivity index (χ2v) is 16.0. The first-order valence-corrected chi connectivity index (χ1v) is 22.8. The largest absolute Gasteiger partial charge is 2.00 e. The Morgan fingerprint density at radius 3 is 0.676 bits per heavy atom. The summed E-state index contributed by atoms with van der Waals surface area (Å²) in [5.41, 5.74) is -4.23. The Kier molecular flexibility index (Phi) is 28.4. The Morgan fingerprint density at radius 1 is 0.368 bits per heavy atom. The van der Waals surface area contributed by atoms with Gasteiger partial charge in [-0.05, 0) is 99.9 Å². The molecular weight excluding hydrogens is 1110 g/mol. The van der Waals surface area contributed by atoms with Crippen molar-refractivity contribution in [3.63, 3.8) is 0 Å². The fourth-order valence-electron chi connectivity index (χ4n) is 5.06. The van der Waals surface area contributed by atoms with Crippen LogP contribution in [0.5, 0.6) is 0 Å². The third-order valence-electron chi connectivity index (χ3n) is 8.22. The molecule has 6 aromatic rings. The molecule has 22 heteroatoms. The van der Waals surface area contributed by atoms with Gasteiger partial charge in [0, 0.05) is 47.6 Å². The van der Waals surface area contributed by atoms with Gasteiger partial charge in [-0.25, -0.2) is 16.8 Å². The molecule has 8 rings (SSSR count). The number of hydrogen-bond acceptors (Lipinski definition) is 10. The first-order chi connectivity index (χ1) is 31.4. The van der Waals surface area contributed by atoms with Crippen molar-refractivity contribution in [1.29, 1.82) is 0 Å². The SMILES string of the molecule is C1=C\CC/C=C\CC/1.C1=C\CC/C=C\CC/1.O=S(=O)([O-])C(F)(F)F.O=S(=O)([O-])C(F)(F)F.[Ru+2].[Ru+2].c1ccc(-c2ccc(-c3ccccn3)[n-]2)nc1.c1ccc(-c2ccc(-c3ccccn3)[n-]2)nc1. The summed E-state index contributed by atoms with van der Waals surface area (Å²) < 4.78 is 118. The Labute approximate surface area is 417 Å². The molecule has 0 unspecified atom stereocenters. The van der Waals surface area contributed by atoms with E-state index < -0.39 is 31.3 Å². The van der Waals surface area contributed by atoms with Crippen LogP contribution >= 0.6 is 0 Å². The number of pyridine rings is 4. The van der Waals surface area contributed by atoms with Gasteiger partial charge >= 0.3 is 50.0 Å². The van der Waals surface area contributed by atoms with E-state index in [9.17, 15) is 26.3 Å². The van der Waals surface area contributed by atoms with E-state index in [0.29, 0.717) is 0 Å². The van der Waals surface area contributed by atoms with Crippen LogP contribution in [0.1, 0.15) is 51.4 Å². The van der Waals surface area contributed by atoms with Crippen LogP contribution in [0.25, 0.3) is 45.6 Å². The minimum absolute atomic E-state index is 0. The van der Waals surface area contributed by atoms with E-state index in [-0.39, 0.29) is 39.0 Å². The molecule has 6 heterocycles. The summed E-state index contributed by atoms with van der Waals surface area (Å²) in [5.74, 6) is 0. The molecule has 364 valence electrons. The maximum absolute atomic E-state index is 10.7. The van der Waals surface area contributed by atoms with E-state index in [0.717, 1.165) is 45.6 Å². The first kappa shape index (κ1) is 60.8. The number of rotatable bonds is 4. The third-order valence-corrected chi connectivity index (χ3v) is 9.36. The van der Waals surface area contributed by atoms with E-state index in [1.807, 2.05) is 97.1 Å². The van der Waals surface area contributed by atoms with Gasteiger partial charge in [-0.2, -0.15) is 26.3 Å². The first-order valence-electron chi connectivity index (χ1n) is 19.9.